The highest BCUT2D eigenvalue weighted by Gasteiger charge is 2.19. The van der Waals surface area contributed by atoms with Crippen LogP contribution in [-0.2, 0) is 0 Å². The van der Waals surface area contributed by atoms with Gasteiger partial charge in [0.15, 0.2) is 5.75 Å². The minimum absolute atomic E-state index is 0.0517. The molecule has 0 aliphatic carbocycles. The molecule has 1 aromatic heterocycles. The Balaban J connectivity index is 1.97. The lowest BCUT2D eigenvalue weighted by molar-refractivity contribution is -0.386. The van der Waals surface area contributed by atoms with Gasteiger partial charge in [0.05, 0.1) is 23.2 Å². The Labute approximate surface area is 144 Å². The monoisotopic (exact) mass is 336 g/mol. The number of hydrogen-bond acceptors (Lipinski definition) is 5. The molecule has 0 bridgehead atoms. The van der Waals surface area contributed by atoms with Crippen molar-refractivity contribution in [2.75, 3.05) is 7.11 Å². The van der Waals surface area contributed by atoms with Crippen molar-refractivity contribution in [2.45, 2.75) is 6.92 Å². The molecule has 0 aliphatic heterocycles. The maximum Gasteiger partial charge on any atom is 0.315 e. The topological polar surface area (TPSA) is 85.5 Å². The van der Waals surface area contributed by atoms with Crippen LogP contribution in [0.1, 0.15) is 16.8 Å². The average Bonchev–Trinajstić information content (AvgIpc) is 2.60. The van der Waals surface area contributed by atoms with Gasteiger partial charge < -0.3 is 9.84 Å². The van der Waals surface area contributed by atoms with Gasteiger partial charge in [0.2, 0.25) is 5.75 Å². The van der Waals surface area contributed by atoms with E-state index in [1.165, 1.54) is 24.8 Å². The van der Waals surface area contributed by atoms with Gasteiger partial charge >= 0.3 is 5.69 Å². The van der Waals surface area contributed by atoms with Gasteiger partial charge in [0.25, 0.3) is 0 Å². The van der Waals surface area contributed by atoms with Crippen LogP contribution in [0.3, 0.4) is 0 Å². The van der Waals surface area contributed by atoms with Crippen LogP contribution in [0.2, 0.25) is 0 Å². The van der Waals surface area contributed by atoms with E-state index in [4.69, 9.17) is 4.74 Å². The molecule has 6 nitrogen and oxygen atoms in total. The van der Waals surface area contributed by atoms with Crippen LogP contribution in [-0.4, -0.2) is 22.1 Å². The van der Waals surface area contributed by atoms with Gasteiger partial charge in [-0.1, -0.05) is 23.8 Å². The molecule has 0 saturated carbocycles. The zero-order chi connectivity index (χ0) is 18.0. The molecule has 0 unspecified atom stereocenters. The number of nitro benzene ring substituents is 1. The van der Waals surface area contributed by atoms with Crippen LogP contribution >= 0.6 is 0 Å². The van der Waals surface area contributed by atoms with Gasteiger partial charge in [-0.2, -0.15) is 0 Å². The van der Waals surface area contributed by atoms with Gasteiger partial charge in [-0.15, -0.1) is 0 Å². The minimum atomic E-state index is -0.647. The molecule has 3 aromatic rings. The van der Waals surface area contributed by atoms with Crippen molar-refractivity contribution in [1.82, 2.24) is 4.98 Å². The van der Waals surface area contributed by atoms with Crippen LogP contribution in [0.5, 0.6) is 11.5 Å². The largest absolute Gasteiger partial charge is 0.500 e. The third-order valence-corrected chi connectivity index (χ3v) is 3.81. The van der Waals surface area contributed by atoms with Gasteiger partial charge in [0, 0.05) is 11.5 Å². The molecule has 6 heteroatoms. The fraction of sp³-hybridized carbons (Fsp3) is 0.105. The number of methoxy groups -OCH3 is 1. The second-order valence-electron chi connectivity index (χ2n) is 5.61. The van der Waals surface area contributed by atoms with Crippen molar-refractivity contribution in [3.05, 3.63) is 69.4 Å². The number of nitrogens with zero attached hydrogens (tertiary/aromatic N) is 2. The zero-order valence-electron chi connectivity index (χ0n) is 13.8. The lowest BCUT2D eigenvalue weighted by Crippen LogP contribution is -1.93. The minimum Gasteiger partial charge on any atom is -0.500 e. The number of aromatic nitrogens is 1. The summed E-state index contributed by atoms with van der Waals surface area (Å²) in [6.45, 7) is 2.03. The molecular weight excluding hydrogens is 320 g/mol. The molecule has 0 spiro atoms. The summed E-state index contributed by atoms with van der Waals surface area (Å²) in [5.41, 5.74) is 2.90. The van der Waals surface area contributed by atoms with Crippen molar-refractivity contribution in [3.63, 3.8) is 0 Å². The molecule has 0 fully saturated rings. The summed E-state index contributed by atoms with van der Waals surface area (Å²) in [5, 5.41) is 21.9. The van der Waals surface area contributed by atoms with Crippen LogP contribution < -0.4 is 4.74 Å². The SMILES string of the molecule is COc1cc(/C=C/c2ccc3cc(C)ccc3n2)cc([N+](=O)[O-])c1O. The average molecular weight is 336 g/mol. The molecule has 2 aromatic carbocycles. The number of nitro groups is 1. The van der Waals surface area contributed by atoms with E-state index in [2.05, 4.69) is 11.1 Å². The second-order valence-corrected chi connectivity index (χ2v) is 5.61. The Morgan fingerprint density at radius 1 is 1.16 bits per heavy atom. The number of aromatic hydroxyl groups is 1. The maximum atomic E-state index is 11.0. The van der Waals surface area contributed by atoms with E-state index >= 15 is 0 Å². The van der Waals surface area contributed by atoms with E-state index in [9.17, 15) is 15.2 Å². The first-order valence-corrected chi connectivity index (χ1v) is 7.59. The number of fused-ring (bicyclic) bond motifs is 1. The Hall–Kier alpha value is -3.41. The lowest BCUT2D eigenvalue weighted by atomic mass is 10.1. The first-order valence-electron chi connectivity index (χ1n) is 7.59. The highest BCUT2D eigenvalue weighted by molar-refractivity contribution is 5.82. The van der Waals surface area contributed by atoms with Gasteiger partial charge in [-0.05, 0) is 42.8 Å². The highest BCUT2D eigenvalue weighted by Crippen LogP contribution is 2.37. The van der Waals surface area contributed by atoms with Crippen molar-refractivity contribution < 1.29 is 14.8 Å². The Morgan fingerprint density at radius 3 is 2.68 bits per heavy atom. The number of rotatable bonds is 4. The Morgan fingerprint density at radius 2 is 1.96 bits per heavy atom. The van der Waals surface area contributed by atoms with Crippen molar-refractivity contribution in [2.24, 2.45) is 0 Å². The summed E-state index contributed by atoms with van der Waals surface area (Å²) >= 11 is 0. The molecule has 0 amide bonds. The van der Waals surface area contributed by atoms with E-state index in [1.54, 1.807) is 12.2 Å². The van der Waals surface area contributed by atoms with E-state index in [0.29, 0.717) is 5.56 Å². The fourth-order valence-corrected chi connectivity index (χ4v) is 2.54. The van der Waals surface area contributed by atoms with Crippen LogP contribution in [0, 0.1) is 17.0 Å². The molecule has 25 heavy (non-hydrogen) atoms. The third-order valence-electron chi connectivity index (χ3n) is 3.81. The lowest BCUT2D eigenvalue weighted by Gasteiger charge is -2.05. The number of phenolic OH excluding ortho intramolecular Hbond substituents is 1. The second kappa shape index (κ2) is 6.60. The van der Waals surface area contributed by atoms with Crippen molar-refractivity contribution >= 4 is 28.7 Å². The summed E-state index contributed by atoms with van der Waals surface area (Å²) in [6, 6.07) is 12.7. The predicted octanol–water partition coefficient (Wildman–Crippen LogP) is 4.34. The number of benzene rings is 2. The summed E-state index contributed by atoms with van der Waals surface area (Å²) in [4.78, 5) is 14.9. The summed E-state index contributed by atoms with van der Waals surface area (Å²) in [5.74, 6) is -0.431. The summed E-state index contributed by atoms with van der Waals surface area (Å²) in [7, 11) is 1.35. The van der Waals surface area contributed by atoms with E-state index in [0.717, 1.165) is 16.6 Å². The third kappa shape index (κ3) is 3.42. The smallest absolute Gasteiger partial charge is 0.315 e. The molecule has 3 rings (SSSR count). The molecule has 0 saturated heterocycles. The number of ether oxygens (including phenoxy) is 1. The van der Waals surface area contributed by atoms with E-state index in [1.807, 2.05) is 31.2 Å². The predicted molar refractivity (Wildman–Crippen MR) is 96.7 cm³/mol. The Kier molecular flexibility index (Phi) is 4.35. The quantitative estimate of drug-likeness (QED) is 0.566. The molecule has 0 radical (unpaired) electrons. The fourth-order valence-electron chi connectivity index (χ4n) is 2.54. The van der Waals surface area contributed by atoms with Crippen molar-refractivity contribution in [1.29, 1.82) is 0 Å². The van der Waals surface area contributed by atoms with Crippen LogP contribution in [0.4, 0.5) is 5.69 Å². The van der Waals surface area contributed by atoms with Crippen molar-refractivity contribution in [3.8, 4) is 11.5 Å². The molecule has 0 aliphatic rings. The van der Waals surface area contributed by atoms with Gasteiger partial charge in [0.1, 0.15) is 0 Å². The number of phenols is 1. The normalized spacial score (nSPS) is 11.1. The number of pyridine rings is 1. The van der Waals surface area contributed by atoms with Gasteiger partial charge in [-0.25, -0.2) is 4.98 Å². The maximum absolute atomic E-state index is 11.0. The highest BCUT2D eigenvalue weighted by atomic mass is 16.6. The standard InChI is InChI=1S/C19H16N2O4/c1-12-3-8-16-14(9-12)5-7-15(20-16)6-4-13-10-17(21(23)24)19(22)18(11-13)25-2/h3-11,22H,1-2H3/b6-4+. The molecule has 0 atom stereocenters. The van der Waals surface area contributed by atoms with Crippen LogP contribution in [0.25, 0.3) is 23.1 Å². The first-order chi connectivity index (χ1) is 12.0. The Bertz CT molecular complexity index is 996. The van der Waals surface area contributed by atoms with E-state index in [-0.39, 0.29) is 5.75 Å². The number of hydrogen-bond donors (Lipinski definition) is 1. The van der Waals surface area contributed by atoms with Crippen LogP contribution in [0.15, 0.2) is 42.5 Å². The molecule has 1 N–H and O–H groups in total. The summed E-state index contributed by atoms with van der Waals surface area (Å²) in [6.07, 6.45) is 3.45. The number of aryl methyl sites for hydroxylation is 1. The molecule has 126 valence electrons. The molecular formula is C19H16N2O4. The summed E-state index contributed by atoms with van der Waals surface area (Å²) < 4.78 is 4.99. The first kappa shape index (κ1) is 16.4. The van der Waals surface area contributed by atoms with E-state index < -0.39 is 16.4 Å². The molecule has 1 heterocycles. The van der Waals surface area contributed by atoms with Gasteiger partial charge in [-0.3, -0.25) is 10.1 Å². The zero-order valence-corrected chi connectivity index (χ0v) is 13.8.